The number of rotatable bonds is 5. The standard InChI is InChI=1S/C15H14BrNO3S/c1-20-15(19)11-4-2-10(3-5-11)8-9-17-14(18)12-6-7-13(16)21-12/h2-7H,8-9H2,1H3,(H,17,18). The summed E-state index contributed by atoms with van der Waals surface area (Å²) < 4.78 is 5.58. The summed E-state index contributed by atoms with van der Waals surface area (Å²) in [7, 11) is 1.36. The fourth-order valence-electron chi connectivity index (χ4n) is 1.77. The molecule has 2 aromatic rings. The van der Waals surface area contributed by atoms with Crippen LogP contribution in [-0.4, -0.2) is 25.5 Å². The Kier molecular flexibility index (Phi) is 5.52. The van der Waals surface area contributed by atoms with Crippen molar-refractivity contribution in [2.45, 2.75) is 6.42 Å². The molecule has 0 aliphatic heterocycles. The summed E-state index contributed by atoms with van der Waals surface area (Å²) in [5.74, 6) is -0.421. The second-order valence-electron chi connectivity index (χ2n) is 4.30. The molecule has 0 saturated heterocycles. The third-order valence-corrected chi connectivity index (χ3v) is 4.49. The number of thiophene rings is 1. The molecule has 0 unspecified atom stereocenters. The number of carbonyl (C=O) groups excluding carboxylic acids is 2. The van der Waals surface area contributed by atoms with Gasteiger partial charge in [-0.3, -0.25) is 4.79 Å². The van der Waals surface area contributed by atoms with Crippen LogP contribution in [0.3, 0.4) is 0 Å². The van der Waals surface area contributed by atoms with Crippen molar-refractivity contribution in [2.24, 2.45) is 0 Å². The molecular formula is C15H14BrNO3S. The average molecular weight is 368 g/mol. The van der Waals surface area contributed by atoms with Gasteiger partial charge in [-0.05, 0) is 52.2 Å². The number of methoxy groups -OCH3 is 1. The Morgan fingerprint density at radius 1 is 1.19 bits per heavy atom. The summed E-state index contributed by atoms with van der Waals surface area (Å²) >= 11 is 4.73. The summed E-state index contributed by atoms with van der Waals surface area (Å²) in [6, 6.07) is 10.8. The molecule has 0 saturated carbocycles. The Morgan fingerprint density at radius 2 is 1.90 bits per heavy atom. The number of halogens is 1. The number of nitrogens with one attached hydrogen (secondary N) is 1. The summed E-state index contributed by atoms with van der Waals surface area (Å²) in [6.45, 7) is 0.548. The van der Waals surface area contributed by atoms with E-state index in [0.717, 1.165) is 9.35 Å². The van der Waals surface area contributed by atoms with E-state index in [1.807, 2.05) is 18.2 Å². The number of amides is 1. The molecule has 0 spiro atoms. The first kappa shape index (κ1) is 15.7. The van der Waals surface area contributed by atoms with Gasteiger partial charge in [-0.25, -0.2) is 4.79 Å². The molecular weight excluding hydrogens is 354 g/mol. The molecule has 0 fully saturated rings. The Balaban J connectivity index is 1.83. The minimum absolute atomic E-state index is 0.0723. The van der Waals surface area contributed by atoms with Crippen LogP contribution < -0.4 is 5.32 Å². The van der Waals surface area contributed by atoms with Gasteiger partial charge in [-0.15, -0.1) is 11.3 Å². The van der Waals surface area contributed by atoms with Crippen LogP contribution in [0.5, 0.6) is 0 Å². The number of ether oxygens (including phenoxy) is 1. The summed E-state index contributed by atoms with van der Waals surface area (Å²) in [5, 5.41) is 2.87. The Labute approximate surface area is 135 Å². The van der Waals surface area contributed by atoms with E-state index >= 15 is 0 Å². The van der Waals surface area contributed by atoms with E-state index in [1.54, 1.807) is 18.2 Å². The summed E-state index contributed by atoms with van der Waals surface area (Å²) in [4.78, 5) is 23.8. The highest BCUT2D eigenvalue weighted by atomic mass is 79.9. The van der Waals surface area contributed by atoms with E-state index < -0.39 is 0 Å². The maximum Gasteiger partial charge on any atom is 0.337 e. The number of esters is 1. The van der Waals surface area contributed by atoms with Gasteiger partial charge < -0.3 is 10.1 Å². The van der Waals surface area contributed by atoms with Gasteiger partial charge in [-0.1, -0.05) is 12.1 Å². The van der Waals surface area contributed by atoms with E-state index in [-0.39, 0.29) is 11.9 Å². The molecule has 0 radical (unpaired) electrons. The van der Waals surface area contributed by atoms with Gasteiger partial charge >= 0.3 is 5.97 Å². The Bertz CT molecular complexity index is 637. The first-order chi connectivity index (χ1) is 10.1. The van der Waals surface area contributed by atoms with E-state index in [0.29, 0.717) is 23.4 Å². The largest absolute Gasteiger partial charge is 0.465 e. The summed E-state index contributed by atoms with van der Waals surface area (Å²) in [6.07, 6.45) is 0.708. The van der Waals surface area contributed by atoms with Crippen LogP contribution in [0.1, 0.15) is 25.6 Å². The van der Waals surface area contributed by atoms with Crippen LogP contribution in [0.2, 0.25) is 0 Å². The van der Waals surface area contributed by atoms with Crippen molar-refractivity contribution in [1.82, 2.24) is 5.32 Å². The van der Waals surface area contributed by atoms with Gasteiger partial charge in [0, 0.05) is 6.54 Å². The van der Waals surface area contributed by atoms with E-state index in [4.69, 9.17) is 0 Å². The zero-order chi connectivity index (χ0) is 15.2. The van der Waals surface area contributed by atoms with E-state index in [9.17, 15) is 9.59 Å². The maximum absolute atomic E-state index is 11.8. The average Bonchev–Trinajstić information content (AvgIpc) is 2.94. The number of benzene rings is 1. The predicted octanol–water partition coefficient (Wildman–Crippen LogP) is 3.27. The number of carbonyl (C=O) groups is 2. The second-order valence-corrected chi connectivity index (χ2v) is 6.76. The molecule has 110 valence electrons. The van der Waals surface area contributed by atoms with Gasteiger partial charge in [0.15, 0.2) is 0 Å². The molecule has 2 rings (SSSR count). The first-order valence-electron chi connectivity index (χ1n) is 6.31. The topological polar surface area (TPSA) is 55.4 Å². The van der Waals surface area contributed by atoms with Crippen LogP contribution in [0.25, 0.3) is 0 Å². The van der Waals surface area contributed by atoms with Gasteiger partial charge in [-0.2, -0.15) is 0 Å². The molecule has 0 bridgehead atoms. The second kappa shape index (κ2) is 7.38. The molecule has 4 nitrogen and oxygen atoms in total. The number of hydrogen-bond acceptors (Lipinski definition) is 4. The van der Waals surface area contributed by atoms with Crippen molar-refractivity contribution in [2.75, 3.05) is 13.7 Å². The highest BCUT2D eigenvalue weighted by Crippen LogP contribution is 2.21. The zero-order valence-electron chi connectivity index (χ0n) is 11.4. The highest BCUT2D eigenvalue weighted by Gasteiger charge is 2.08. The molecule has 0 atom stereocenters. The lowest BCUT2D eigenvalue weighted by atomic mass is 10.1. The first-order valence-corrected chi connectivity index (χ1v) is 7.92. The van der Waals surface area contributed by atoms with Gasteiger partial charge in [0.05, 0.1) is 21.3 Å². The van der Waals surface area contributed by atoms with Crippen molar-refractivity contribution in [3.63, 3.8) is 0 Å². The minimum atomic E-state index is -0.349. The van der Waals surface area contributed by atoms with Gasteiger partial charge in [0.1, 0.15) is 0 Å². The SMILES string of the molecule is COC(=O)c1ccc(CCNC(=O)c2ccc(Br)s2)cc1. The van der Waals surface area contributed by atoms with Gasteiger partial charge in [0.2, 0.25) is 0 Å². The van der Waals surface area contributed by atoms with Gasteiger partial charge in [0.25, 0.3) is 5.91 Å². The van der Waals surface area contributed by atoms with Crippen LogP contribution in [0.4, 0.5) is 0 Å². The smallest absolute Gasteiger partial charge is 0.337 e. The van der Waals surface area contributed by atoms with Crippen LogP contribution in [-0.2, 0) is 11.2 Å². The predicted molar refractivity (Wildman–Crippen MR) is 85.8 cm³/mol. The molecule has 1 amide bonds. The fraction of sp³-hybridized carbons (Fsp3) is 0.200. The maximum atomic E-state index is 11.8. The van der Waals surface area contributed by atoms with Crippen LogP contribution in [0, 0.1) is 0 Å². The van der Waals surface area contributed by atoms with Crippen molar-refractivity contribution < 1.29 is 14.3 Å². The lowest BCUT2D eigenvalue weighted by molar-refractivity contribution is 0.0600. The quantitative estimate of drug-likeness (QED) is 0.825. The third-order valence-electron chi connectivity index (χ3n) is 2.87. The molecule has 0 aliphatic rings. The fourth-order valence-corrected chi connectivity index (χ4v) is 3.07. The lowest BCUT2D eigenvalue weighted by Crippen LogP contribution is -2.24. The lowest BCUT2D eigenvalue weighted by Gasteiger charge is -2.05. The highest BCUT2D eigenvalue weighted by molar-refractivity contribution is 9.11. The zero-order valence-corrected chi connectivity index (χ0v) is 13.8. The van der Waals surface area contributed by atoms with Crippen molar-refractivity contribution in [3.05, 3.63) is 56.2 Å². The van der Waals surface area contributed by atoms with Crippen molar-refractivity contribution >= 4 is 39.1 Å². The van der Waals surface area contributed by atoms with E-state index in [2.05, 4.69) is 26.0 Å². The number of hydrogen-bond donors (Lipinski definition) is 1. The molecule has 21 heavy (non-hydrogen) atoms. The molecule has 1 heterocycles. The molecule has 1 aromatic carbocycles. The normalized spacial score (nSPS) is 10.2. The van der Waals surface area contributed by atoms with Crippen molar-refractivity contribution in [3.8, 4) is 0 Å². The molecule has 0 aliphatic carbocycles. The third kappa shape index (κ3) is 4.41. The van der Waals surface area contributed by atoms with Crippen LogP contribution >= 0.6 is 27.3 Å². The molecule has 1 N–H and O–H groups in total. The Hall–Kier alpha value is -1.66. The van der Waals surface area contributed by atoms with Crippen LogP contribution in [0.15, 0.2) is 40.2 Å². The molecule has 6 heteroatoms. The van der Waals surface area contributed by atoms with E-state index in [1.165, 1.54) is 18.4 Å². The van der Waals surface area contributed by atoms with Crippen molar-refractivity contribution in [1.29, 1.82) is 0 Å². The molecule has 1 aromatic heterocycles. The minimum Gasteiger partial charge on any atom is -0.465 e. The monoisotopic (exact) mass is 367 g/mol. The Morgan fingerprint density at radius 3 is 2.48 bits per heavy atom. The summed E-state index contributed by atoms with van der Waals surface area (Å²) in [5.41, 5.74) is 1.57.